The fourth-order valence-corrected chi connectivity index (χ4v) is 3.36. The Morgan fingerprint density at radius 2 is 2.00 bits per heavy atom. The van der Waals surface area contributed by atoms with Crippen molar-refractivity contribution in [2.75, 3.05) is 39.8 Å². The standard InChI is InChI=1S/C16H22FN3O/c1-19(8-12-4-2-3-5-15(12)17)16(21)11-20-9-13-6-18-7-14(13)10-20/h2-5,13-14,18H,6-11H2,1H3. The molecule has 3 rings (SSSR count). The Morgan fingerprint density at radius 3 is 2.67 bits per heavy atom. The van der Waals surface area contributed by atoms with Crippen LogP contribution in [0.25, 0.3) is 0 Å². The highest BCUT2D eigenvalue weighted by molar-refractivity contribution is 5.78. The molecule has 21 heavy (non-hydrogen) atoms. The first-order valence-electron chi connectivity index (χ1n) is 7.54. The summed E-state index contributed by atoms with van der Waals surface area (Å²) in [5.74, 6) is 1.19. The number of carbonyl (C=O) groups is 1. The molecule has 0 radical (unpaired) electrons. The number of carbonyl (C=O) groups excluding carboxylic acids is 1. The van der Waals surface area contributed by atoms with E-state index in [0.717, 1.165) is 26.2 Å². The Hall–Kier alpha value is -1.46. The summed E-state index contributed by atoms with van der Waals surface area (Å²) in [6.45, 7) is 4.90. The number of amides is 1. The largest absolute Gasteiger partial charge is 0.340 e. The summed E-state index contributed by atoms with van der Waals surface area (Å²) in [5.41, 5.74) is 0.566. The van der Waals surface area contributed by atoms with Crippen molar-refractivity contribution in [3.05, 3.63) is 35.6 Å². The maximum absolute atomic E-state index is 13.6. The molecular weight excluding hydrogens is 269 g/mol. The van der Waals surface area contributed by atoms with Gasteiger partial charge in [0.2, 0.25) is 5.91 Å². The summed E-state index contributed by atoms with van der Waals surface area (Å²) < 4.78 is 13.6. The van der Waals surface area contributed by atoms with Crippen LogP contribution in [0.3, 0.4) is 0 Å². The molecule has 5 heteroatoms. The molecule has 1 amide bonds. The Balaban J connectivity index is 1.52. The van der Waals surface area contributed by atoms with Crippen molar-refractivity contribution in [1.29, 1.82) is 0 Å². The van der Waals surface area contributed by atoms with E-state index < -0.39 is 0 Å². The van der Waals surface area contributed by atoms with Crippen molar-refractivity contribution in [3.8, 4) is 0 Å². The lowest BCUT2D eigenvalue weighted by Crippen LogP contribution is -2.38. The van der Waals surface area contributed by atoms with Crippen LogP contribution in [0, 0.1) is 17.7 Å². The van der Waals surface area contributed by atoms with Gasteiger partial charge < -0.3 is 10.2 Å². The third-order valence-corrected chi connectivity index (χ3v) is 4.62. The van der Waals surface area contributed by atoms with E-state index in [1.54, 1.807) is 30.1 Å². The maximum Gasteiger partial charge on any atom is 0.236 e. The van der Waals surface area contributed by atoms with Crippen molar-refractivity contribution in [2.45, 2.75) is 6.54 Å². The molecular formula is C16H22FN3O. The van der Waals surface area contributed by atoms with Gasteiger partial charge in [0.25, 0.3) is 0 Å². The fourth-order valence-electron chi connectivity index (χ4n) is 3.36. The highest BCUT2D eigenvalue weighted by atomic mass is 19.1. The Kier molecular flexibility index (Phi) is 4.22. The quantitative estimate of drug-likeness (QED) is 0.896. The summed E-state index contributed by atoms with van der Waals surface area (Å²) >= 11 is 0. The van der Waals surface area contributed by atoms with Crippen LogP contribution in [-0.2, 0) is 11.3 Å². The molecule has 2 heterocycles. The highest BCUT2D eigenvalue weighted by Gasteiger charge is 2.36. The van der Waals surface area contributed by atoms with Gasteiger partial charge in [0.15, 0.2) is 0 Å². The fraction of sp³-hybridized carbons (Fsp3) is 0.562. The van der Waals surface area contributed by atoms with Gasteiger partial charge in [-0.3, -0.25) is 9.69 Å². The van der Waals surface area contributed by atoms with Crippen LogP contribution < -0.4 is 5.32 Å². The van der Waals surface area contributed by atoms with Crippen LogP contribution in [-0.4, -0.2) is 55.5 Å². The molecule has 0 aromatic heterocycles. The zero-order valence-corrected chi connectivity index (χ0v) is 12.4. The zero-order chi connectivity index (χ0) is 14.8. The normalized spacial score (nSPS) is 25.0. The third kappa shape index (κ3) is 3.24. The van der Waals surface area contributed by atoms with Crippen LogP contribution in [0.2, 0.25) is 0 Å². The van der Waals surface area contributed by atoms with Crippen molar-refractivity contribution in [3.63, 3.8) is 0 Å². The van der Waals surface area contributed by atoms with Gasteiger partial charge in [-0.25, -0.2) is 4.39 Å². The third-order valence-electron chi connectivity index (χ3n) is 4.62. The van der Waals surface area contributed by atoms with Gasteiger partial charge in [-0.15, -0.1) is 0 Å². The molecule has 1 N–H and O–H groups in total. The number of hydrogen-bond donors (Lipinski definition) is 1. The number of hydrogen-bond acceptors (Lipinski definition) is 3. The van der Waals surface area contributed by atoms with Gasteiger partial charge in [-0.2, -0.15) is 0 Å². The van der Waals surface area contributed by atoms with Crippen molar-refractivity contribution in [1.82, 2.24) is 15.1 Å². The van der Waals surface area contributed by atoms with Gasteiger partial charge in [0, 0.05) is 32.2 Å². The lowest BCUT2D eigenvalue weighted by atomic mass is 10.0. The second-order valence-electron chi connectivity index (χ2n) is 6.21. The number of nitrogens with zero attached hydrogens (tertiary/aromatic N) is 2. The van der Waals surface area contributed by atoms with Crippen LogP contribution in [0.15, 0.2) is 24.3 Å². The molecule has 0 spiro atoms. The molecule has 1 aromatic rings. The second kappa shape index (κ2) is 6.12. The molecule has 0 saturated carbocycles. The summed E-state index contributed by atoms with van der Waals surface area (Å²) in [4.78, 5) is 16.1. The van der Waals surface area contributed by atoms with Crippen molar-refractivity contribution in [2.24, 2.45) is 11.8 Å². The number of likely N-dealkylation sites (N-methyl/N-ethyl adjacent to an activating group) is 1. The van der Waals surface area contributed by atoms with Crippen molar-refractivity contribution >= 4 is 5.91 Å². The molecule has 0 bridgehead atoms. The molecule has 4 nitrogen and oxygen atoms in total. The average molecular weight is 291 g/mol. The minimum Gasteiger partial charge on any atom is -0.340 e. The van der Waals surface area contributed by atoms with Gasteiger partial charge in [-0.1, -0.05) is 18.2 Å². The first kappa shape index (κ1) is 14.5. The number of benzene rings is 1. The number of nitrogens with one attached hydrogen (secondary N) is 1. The summed E-state index contributed by atoms with van der Waals surface area (Å²) in [6, 6.07) is 6.62. The van der Waals surface area contributed by atoms with Crippen molar-refractivity contribution < 1.29 is 9.18 Å². The SMILES string of the molecule is CN(Cc1ccccc1F)C(=O)CN1CC2CNCC2C1. The van der Waals surface area contributed by atoms with E-state index in [-0.39, 0.29) is 11.7 Å². The Bertz CT molecular complexity index is 510. The molecule has 0 aliphatic carbocycles. The van der Waals surface area contributed by atoms with Crippen LogP contribution in [0.5, 0.6) is 0 Å². The average Bonchev–Trinajstić information content (AvgIpc) is 3.02. The van der Waals surface area contributed by atoms with E-state index in [4.69, 9.17) is 0 Å². The Labute approximate surface area is 124 Å². The Morgan fingerprint density at radius 1 is 1.33 bits per heavy atom. The smallest absolute Gasteiger partial charge is 0.236 e. The van der Waals surface area contributed by atoms with E-state index >= 15 is 0 Å². The van der Waals surface area contributed by atoms with E-state index in [2.05, 4.69) is 10.2 Å². The molecule has 2 aliphatic heterocycles. The second-order valence-corrected chi connectivity index (χ2v) is 6.21. The lowest BCUT2D eigenvalue weighted by molar-refractivity contribution is -0.131. The summed E-state index contributed by atoms with van der Waals surface area (Å²) in [6.07, 6.45) is 0. The summed E-state index contributed by atoms with van der Waals surface area (Å²) in [5, 5.41) is 3.40. The molecule has 114 valence electrons. The van der Waals surface area contributed by atoms with Gasteiger partial charge in [0.05, 0.1) is 6.54 Å². The molecule has 2 unspecified atom stereocenters. The van der Waals surface area contributed by atoms with Crippen LogP contribution in [0.1, 0.15) is 5.56 Å². The van der Waals surface area contributed by atoms with E-state index in [1.165, 1.54) is 6.07 Å². The maximum atomic E-state index is 13.6. The lowest BCUT2D eigenvalue weighted by Gasteiger charge is -2.22. The molecule has 2 aliphatic rings. The topological polar surface area (TPSA) is 35.6 Å². The predicted molar refractivity (Wildman–Crippen MR) is 79.2 cm³/mol. The minimum absolute atomic E-state index is 0.0613. The number of rotatable bonds is 4. The number of fused-ring (bicyclic) bond motifs is 1. The first-order valence-corrected chi connectivity index (χ1v) is 7.54. The van der Waals surface area contributed by atoms with Gasteiger partial charge >= 0.3 is 0 Å². The predicted octanol–water partition coefficient (Wildman–Crippen LogP) is 0.935. The first-order chi connectivity index (χ1) is 10.1. The molecule has 2 atom stereocenters. The van der Waals surface area contributed by atoms with E-state index in [1.807, 2.05) is 0 Å². The zero-order valence-electron chi connectivity index (χ0n) is 12.4. The van der Waals surface area contributed by atoms with Crippen LogP contribution >= 0.6 is 0 Å². The number of halogens is 1. The molecule has 2 fully saturated rings. The van der Waals surface area contributed by atoms with E-state index in [9.17, 15) is 9.18 Å². The van der Waals surface area contributed by atoms with E-state index in [0.29, 0.717) is 30.5 Å². The molecule has 1 aromatic carbocycles. The monoisotopic (exact) mass is 291 g/mol. The van der Waals surface area contributed by atoms with Gasteiger partial charge in [0.1, 0.15) is 5.82 Å². The number of likely N-dealkylation sites (tertiary alicyclic amines) is 1. The van der Waals surface area contributed by atoms with Gasteiger partial charge in [-0.05, 0) is 31.0 Å². The summed E-state index contributed by atoms with van der Waals surface area (Å²) in [7, 11) is 1.74. The minimum atomic E-state index is -0.251. The highest BCUT2D eigenvalue weighted by Crippen LogP contribution is 2.26. The van der Waals surface area contributed by atoms with Crippen LogP contribution in [0.4, 0.5) is 4.39 Å². The molecule has 2 saturated heterocycles.